The highest BCUT2D eigenvalue weighted by atomic mass is 16.5. The molecule has 0 amide bonds. The van der Waals surface area contributed by atoms with Crippen molar-refractivity contribution in [2.45, 2.75) is 20.4 Å². The zero-order chi connectivity index (χ0) is 16.5. The number of aryl methyl sites for hydroxylation is 2. The maximum absolute atomic E-state index is 5.43. The number of aromatic nitrogens is 4. The molecular formula is C17H19N5O2. The van der Waals surface area contributed by atoms with Crippen molar-refractivity contribution in [2.24, 2.45) is 0 Å². The summed E-state index contributed by atoms with van der Waals surface area (Å²) in [5.41, 5.74) is 4.44. The smallest absolute Gasteiger partial charge is 0.258 e. The largest absolute Gasteiger partial charge is 0.379 e. The van der Waals surface area contributed by atoms with E-state index in [-0.39, 0.29) is 0 Å². The molecule has 0 atom stereocenters. The van der Waals surface area contributed by atoms with Crippen LogP contribution >= 0.6 is 0 Å². The van der Waals surface area contributed by atoms with Gasteiger partial charge in [-0.25, -0.2) is 9.97 Å². The van der Waals surface area contributed by atoms with Crippen LogP contribution in [-0.4, -0.2) is 51.3 Å². The standard InChI is InChI=1S/C17H19N5O2/c1-11-12(2)19-15-9-13(3-4-14(15)18-11)17-20-16(21-24-17)10-22-5-7-23-8-6-22/h3-4,9H,5-8,10H2,1-2H3. The lowest BCUT2D eigenvalue weighted by atomic mass is 10.2. The van der Waals surface area contributed by atoms with Crippen molar-refractivity contribution < 1.29 is 9.26 Å². The van der Waals surface area contributed by atoms with Gasteiger partial charge in [0.2, 0.25) is 0 Å². The summed E-state index contributed by atoms with van der Waals surface area (Å²) in [6.07, 6.45) is 0. The van der Waals surface area contributed by atoms with Crippen LogP contribution in [0.25, 0.3) is 22.5 Å². The Morgan fingerprint density at radius 1 is 1.00 bits per heavy atom. The van der Waals surface area contributed by atoms with E-state index in [9.17, 15) is 0 Å². The van der Waals surface area contributed by atoms with Crippen LogP contribution in [0.3, 0.4) is 0 Å². The first-order valence-corrected chi connectivity index (χ1v) is 8.07. The van der Waals surface area contributed by atoms with Crippen molar-refractivity contribution in [3.63, 3.8) is 0 Å². The van der Waals surface area contributed by atoms with Crippen molar-refractivity contribution in [3.8, 4) is 11.5 Å². The first-order valence-electron chi connectivity index (χ1n) is 8.07. The fourth-order valence-corrected chi connectivity index (χ4v) is 2.76. The van der Waals surface area contributed by atoms with Crippen molar-refractivity contribution in [1.82, 2.24) is 25.0 Å². The molecule has 1 aromatic carbocycles. The van der Waals surface area contributed by atoms with Crippen LogP contribution in [0.4, 0.5) is 0 Å². The van der Waals surface area contributed by atoms with Gasteiger partial charge < -0.3 is 9.26 Å². The normalized spacial score (nSPS) is 15.9. The zero-order valence-electron chi connectivity index (χ0n) is 13.8. The molecule has 4 rings (SSSR count). The van der Waals surface area contributed by atoms with Gasteiger partial charge in [-0.1, -0.05) is 5.16 Å². The summed E-state index contributed by atoms with van der Waals surface area (Å²) in [4.78, 5) is 15.9. The molecule has 7 heteroatoms. The van der Waals surface area contributed by atoms with Crippen LogP contribution in [-0.2, 0) is 11.3 Å². The maximum atomic E-state index is 5.43. The lowest BCUT2D eigenvalue weighted by Crippen LogP contribution is -2.35. The minimum atomic E-state index is 0.514. The van der Waals surface area contributed by atoms with Crippen molar-refractivity contribution in [3.05, 3.63) is 35.4 Å². The molecule has 3 aromatic rings. The molecule has 1 fully saturated rings. The van der Waals surface area contributed by atoms with Gasteiger partial charge in [-0.15, -0.1) is 0 Å². The Hall–Kier alpha value is -2.38. The van der Waals surface area contributed by atoms with Gasteiger partial charge >= 0.3 is 0 Å². The van der Waals surface area contributed by atoms with Crippen LogP contribution in [0.15, 0.2) is 22.7 Å². The number of ether oxygens (including phenoxy) is 1. The van der Waals surface area contributed by atoms with Crippen LogP contribution in [0.5, 0.6) is 0 Å². The summed E-state index contributed by atoms with van der Waals surface area (Å²) >= 11 is 0. The molecule has 0 saturated carbocycles. The maximum Gasteiger partial charge on any atom is 0.258 e. The van der Waals surface area contributed by atoms with Gasteiger partial charge in [-0.05, 0) is 32.0 Å². The second kappa shape index (κ2) is 6.26. The topological polar surface area (TPSA) is 77.2 Å². The summed E-state index contributed by atoms with van der Waals surface area (Å²) in [7, 11) is 0. The average molecular weight is 325 g/mol. The molecule has 24 heavy (non-hydrogen) atoms. The van der Waals surface area contributed by atoms with Crippen LogP contribution in [0, 0.1) is 13.8 Å². The molecule has 7 nitrogen and oxygen atoms in total. The minimum absolute atomic E-state index is 0.514. The summed E-state index contributed by atoms with van der Waals surface area (Å²) in [5.74, 6) is 1.21. The van der Waals surface area contributed by atoms with Gasteiger partial charge in [-0.2, -0.15) is 4.98 Å². The molecule has 1 aliphatic heterocycles. The van der Waals surface area contributed by atoms with E-state index in [1.54, 1.807) is 0 Å². The number of benzene rings is 1. The third kappa shape index (κ3) is 3.00. The molecule has 124 valence electrons. The van der Waals surface area contributed by atoms with Crippen LogP contribution in [0.1, 0.15) is 17.2 Å². The third-order valence-corrected chi connectivity index (χ3v) is 4.26. The Morgan fingerprint density at radius 2 is 1.75 bits per heavy atom. The molecule has 2 aromatic heterocycles. The highest BCUT2D eigenvalue weighted by Crippen LogP contribution is 2.22. The predicted octanol–water partition coefficient (Wildman–Crippen LogP) is 2.13. The molecule has 3 heterocycles. The Bertz CT molecular complexity index is 871. The van der Waals surface area contributed by atoms with Gasteiger partial charge in [0.05, 0.1) is 42.2 Å². The molecule has 1 aliphatic rings. The van der Waals surface area contributed by atoms with E-state index in [4.69, 9.17) is 9.26 Å². The monoisotopic (exact) mass is 325 g/mol. The number of rotatable bonds is 3. The van der Waals surface area contributed by atoms with Crippen molar-refractivity contribution >= 4 is 11.0 Å². The summed E-state index contributed by atoms with van der Waals surface area (Å²) < 4.78 is 10.8. The average Bonchev–Trinajstić information content (AvgIpc) is 3.05. The Kier molecular flexibility index (Phi) is 3.95. The zero-order valence-corrected chi connectivity index (χ0v) is 13.8. The highest BCUT2D eigenvalue weighted by Gasteiger charge is 2.16. The molecule has 0 aliphatic carbocycles. The molecule has 1 saturated heterocycles. The molecule has 0 N–H and O–H groups in total. The van der Waals surface area contributed by atoms with Gasteiger partial charge in [-0.3, -0.25) is 4.90 Å². The number of nitrogens with zero attached hydrogens (tertiary/aromatic N) is 5. The fourth-order valence-electron chi connectivity index (χ4n) is 2.76. The second-order valence-corrected chi connectivity index (χ2v) is 6.00. The molecule has 0 radical (unpaired) electrons. The van der Waals surface area contributed by atoms with E-state index in [1.165, 1.54) is 0 Å². The van der Waals surface area contributed by atoms with Crippen molar-refractivity contribution in [2.75, 3.05) is 26.3 Å². The molecule has 0 spiro atoms. The van der Waals surface area contributed by atoms with E-state index in [0.717, 1.165) is 54.3 Å². The van der Waals surface area contributed by atoms with Gasteiger partial charge in [0.1, 0.15) is 0 Å². The third-order valence-electron chi connectivity index (χ3n) is 4.26. The quantitative estimate of drug-likeness (QED) is 0.730. The molecule has 0 bridgehead atoms. The lowest BCUT2D eigenvalue weighted by molar-refractivity contribution is 0.0327. The SMILES string of the molecule is Cc1nc2ccc(-c3nc(CN4CCOCC4)no3)cc2nc1C. The first kappa shape index (κ1) is 15.2. The Morgan fingerprint density at radius 3 is 2.54 bits per heavy atom. The van der Waals surface area contributed by atoms with Crippen LogP contribution < -0.4 is 0 Å². The van der Waals surface area contributed by atoms with E-state index in [0.29, 0.717) is 18.3 Å². The molecular weight excluding hydrogens is 306 g/mol. The number of hydrogen-bond donors (Lipinski definition) is 0. The van der Waals surface area contributed by atoms with Crippen LogP contribution in [0.2, 0.25) is 0 Å². The lowest BCUT2D eigenvalue weighted by Gasteiger charge is -2.24. The minimum Gasteiger partial charge on any atom is -0.379 e. The van der Waals surface area contributed by atoms with Crippen molar-refractivity contribution in [1.29, 1.82) is 0 Å². The van der Waals surface area contributed by atoms with E-state index in [2.05, 4.69) is 25.0 Å². The van der Waals surface area contributed by atoms with E-state index in [1.807, 2.05) is 32.0 Å². The van der Waals surface area contributed by atoms with E-state index >= 15 is 0 Å². The summed E-state index contributed by atoms with van der Waals surface area (Å²) in [6.45, 7) is 7.91. The first-order chi connectivity index (χ1) is 11.7. The number of hydrogen-bond acceptors (Lipinski definition) is 7. The fraction of sp³-hybridized carbons (Fsp3) is 0.412. The Balaban J connectivity index is 1.59. The highest BCUT2D eigenvalue weighted by molar-refractivity contribution is 5.79. The Labute approximate surface area is 139 Å². The summed E-state index contributed by atoms with van der Waals surface area (Å²) in [6, 6.07) is 5.83. The van der Waals surface area contributed by atoms with E-state index < -0.39 is 0 Å². The van der Waals surface area contributed by atoms with Gasteiger partial charge in [0.25, 0.3) is 5.89 Å². The number of fused-ring (bicyclic) bond motifs is 1. The number of morpholine rings is 1. The second-order valence-electron chi connectivity index (χ2n) is 6.00. The molecule has 0 unspecified atom stereocenters. The summed E-state index contributed by atoms with van der Waals surface area (Å²) in [5, 5.41) is 4.09. The van der Waals surface area contributed by atoms with Gasteiger partial charge in [0.15, 0.2) is 5.82 Å². The predicted molar refractivity (Wildman–Crippen MR) is 88.4 cm³/mol. The van der Waals surface area contributed by atoms with Gasteiger partial charge in [0, 0.05) is 18.7 Å².